The van der Waals surface area contributed by atoms with Crippen LogP contribution >= 0.6 is 11.6 Å². The minimum atomic E-state index is -0.481. The second kappa shape index (κ2) is 6.75. The van der Waals surface area contributed by atoms with E-state index in [4.69, 9.17) is 16.3 Å². The maximum atomic E-state index is 11.8. The van der Waals surface area contributed by atoms with Crippen LogP contribution in [0.4, 0.5) is 4.79 Å². The number of hydrogen-bond acceptors (Lipinski definition) is 4. The lowest BCUT2D eigenvalue weighted by Gasteiger charge is -2.22. The van der Waals surface area contributed by atoms with Crippen molar-refractivity contribution in [3.8, 4) is 5.75 Å². The molecule has 0 unspecified atom stereocenters. The largest absolute Gasteiger partial charge is 0.506 e. The summed E-state index contributed by atoms with van der Waals surface area (Å²) in [6, 6.07) is 5.33. The predicted molar refractivity (Wildman–Crippen MR) is 86.2 cm³/mol. The number of nitrogens with zero attached hydrogens (tertiary/aromatic N) is 1. The van der Waals surface area contributed by atoms with Crippen LogP contribution in [-0.4, -0.2) is 40.8 Å². The first-order chi connectivity index (χ1) is 10.2. The van der Waals surface area contributed by atoms with E-state index in [0.29, 0.717) is 5.02 Å². The summed E-state index contributed by atoms with van der Waals surface area (Å²) in [7, 11) is 0. The van der Waals surface area contributed by atoms with E-state index in [0.717, 1.165) is 31.6 Å². The SMILES string of the molecule is CC(C)(C)OC(=O)N[C@H]1CCN(Cc2ccc(O)c(Cl)c2)C1. The second-order valence-corrected chi connectivity index (χ2v) is 7.06. The van der Waals surface area contributed by atoms with Crippen molar-refractivity contribution >= 4 is 17.7 Å². The van der Waals surface area contributed by atoms with Gasteiger partial charge in [0.05, 0.1) is 5.02 Å². The molecule has 0 saturated carbocycles. The Morgan fingerprint density at radius 1 is 1.50 bits per heavy atom. The number of nitrogens with one attached hydrogen (secondary N) is 1. The highest BCUT2D eigenvalue weighted by molar-refractivity contribution is 6.32. The molecule has 1 heterocycles. The van der Waals surface area contributed by atoms with Gasteiger partial charge in [-0.3, -0.25) is 4.90 Å². The number of hydrogen-bond donors (Lipinski definition) is 2. The molecule has 1 saturated heterocycles. The molecule has 22 heavy (non-hydrogen) atoms. The summed E-state index contributed by atoms with van der Waals surface area (Å²) in [5.74, 6) is 0.0938. The fourth-order valence-corrected chi connectivity index (χ4v) is 2.68. The number of alkyl carbamates (subject to hydrolysis) is 1. The molecule has 0 spiro atoms. The van der Waals surface area contributed by atoms with Crippen LogP contribution in [0, 0.1) is 0 Å². The van der Waals surface area contributed by atoms with Crippen LogP contribution in [0.1, 0.15) is 32.8 Å². The minimum Gasteiger partial charge on any atom is -0.506 e. The standard InChI is InChI=1S/C16H23ClN2O3/c1-16(2,3)22-15(21)18-12-6-7-19(10-12)9-11-4-5-14(20)13(17)8-11/h4-5,8,12,20H,6-7,9-10H2,1-3H3,(H,18,21)/t12-/m0/s1. The zero-order valence-corrected chi connectivity index (χ0v) is 14.0. The quantitative estimate of drug-likeness (QED) is 0.895. The van der Waals surface area contributed by atoms with E-state index in [1.54, 1.807) is 12.1 Å². The lowest BCUT2D eigenvalue weighted by atomic mass is 10.2. The molecule has 1 fully saturated rings. The summed E-state index contributed by atoms with van der Waals surface area (Å²) in [6.07, 6.45) is 0.525. The fourth-order valence-electron chi connectivity index (χ4n) is 2.48. The average Bonchev–Trinajstić information content (AvgIpc) is 2.78. The Labute approximate surface area is 136 Å². The normalized spacial score (nSPS) is 19.2. The van der Waals surface area contributed by atoms with Crippen molar-refractivity contribution in [2.75, 3.05) is 13.1 Å². The highest BCUT2D eigenvalue weighted by Gasteiger charge is 2.26. The summed E-state index contributed by atoms with van der Waals surface area (Å²) in [4.78, 5) is 14.0. The van der Waals surface area contributed by atoms with Crippen molar-refractivity contribution in [2.24, 2.45) is 0 Å². The minimum absolute atomic E-state index is 0.0938. The number of benzene rings is 1. The van der Waals surface area contributed by atoms with Gasteiger partial charge >= 0.3 is 6.09 Å². The maximum absolute atomic E-state index is 11.8. The number of aromatic hydroxyl groups is 1. The van der Waals surface area contributed by atoms with Crippen molar-refractivity contribution in [2.45, 2.75) is 45.4 Å². The first-order valence-corrected chi connectivity index (χ1v) is 7.80. The van der Waals surface area contributed by atoms with Gasteiger partial charge in [-0.25, -0.2) is 4.79 Å². The number of amides is 1. The van der Waals surface area contributed by atoms with Crippen LogP contribution in [0.2, 0.25) is 5.02 Å². The Hall–Kier alpha value is -1.46. The Bertz CT molecular complexity index is 543. The van der Waals surface area contributed by atoms with Gasteiger partial charge in [0.2, 0.25) is 0 Å². The highest BCUT2D eigenvalue weighted by atomic mass is 35.5. The van der Waals surface area contributed by atoms with E-state index in [2.05, 4.69) is 10.2 Å². The first-order valence-electron chi connectivity index (χ1n) is 7.42. The van der Waals surface area contributed by atoms with Gasteiger partial charge in [0.25, 0.3) is 0 Å². The Morgan fingerprint density at radius 3 is 2.86 bits per heavy atom. The van der Waals surface area contributed by atoms with Gasteiger partial charge in [-0.05, 0) is 44.9 Å². The molecule has 0 aliphatic carbocycles. The Kier molecular flexibility index (Phi) is 5.19. The van der Waals surface area contributed by atoms with E-state index in [1.165, 1.54) is 0 Å². The zero-order chi connectivity index (χ0) is 16.3. The number of likely N-dealkylation sites (tertiary alicyclic amines) is 1. The molecule has 1 aromatic rings. The molecule has 2 rings (SSSR count). The van der Waals surface area contributed by atoms with Gasteiger partial charge in [0.15, 0.2) is 0 Å². The summed E-state index contributed by atoms with van der Waals surface area (Å²) in [5.41, 5.74) is 0.561. The van der Waals surface area contributed by atoms with E-state index in [9.17, 15) is 9.90 Å². The van der Waals surface area contributed by atoms with E-state index in [1.807, 2.05) is 26.8 Å². The maximum Gasteiger partial charge on any atom is 0.407 e. The lowest BCUT2D eigenvalue weighted by molar-refractivity contribution is 0.0505. The van der Waals surface area contributed by atoms with Gasteiger partial charge in [0.1, 0.15) is 11.4 Å². The smallest absolute Gasteiger partial charge is 0.407 e. The molecular weight excluding hydrogens is 304 g/mol. The number of phenols is 1. The molecule has 1 aromatic carbocycles. The van der Waals surface area contributed by atoms with Gasteiger partial charge < -0.3 is 15.2 Å². The third-order valence-electron chi connectivity index (χ3n) is 3.41. The van der Waals surface area contributed by atoms with E-state index in [-0.39, 0.29) is 17.9 Å². The summed E-state index contributed by atoms with van der Waals surface area (Å²) in [5, 5.41) is 12.7. The molecule has 1 atom stereocenters. The summed E-state index contributed by atoms with van der Waals surface area (Å²) < 4.78 is 5.27. The summed E-state index contributed by atoms with van der Waals surface area (Å²) in [6.45, 7) is 7.97. The molecule has 1 aliphatic heterocycles. The van der Waals surface area contributed by atoms with Crippen molar-refractivity contribution < 1.29 is 14.6 Å². The number of halogens is 1. The van der Waals surface area contributed by atoms with Gasteiger partial charge in [-0.15, -0.1) is 0 Å². The van der Waals surface area contributed by atoms with Gasteiger partial charge in [-0.1, -0.05) is 17.7 Å². The molecule has 0 bridgehead atoms. The van der Waals surface area contributed by atoms with Gasteiger partial charge in [0, 0.05) is 25.7 Å². The zero-order valence-electron chi connectivity index (χ0n) is 13.2. The van der Waals surface area contributed by atoms with Crippen LogP contribution in [0.3, 0.4) is 0 Å². The molecule has 0 radical (unpaired) electrons. The molecule has 1 amide bonds. The molecule has 1 aliphatic rings. The topological polar surface area (TPSA) is 61.8 Å². The number of carbonyl (C=O) groups excluding carboxylic acids is 1. The molecule has 122 valence electrons. The average molecular weight is 327 g/mol. The highest BCUT2D eigenvalue weighted by Crippen LogP contribution is 2.25. The predicted octanol–water partition coefficient (Wildman–Crippen LogP) is 3.14. The first kappa shape index (κ1) is 16.9. The van der Waals surface area contributed by atoms with E-state index < -0.39 is 5.60 Å². The monoisotopic (exact) mass is 326 g/mol. The second-order valence-electron chi connectivity index (χ2n) is 6.65. The van der Waals surface area contributed by atoms with Crippen LogP contribution in [0.15, 0.2) is 18.2 Å². The molecule has 2 N–H and O–H groups in total. The molecule has 5 nitrogen and oxygen atoms in total. The van der Waals surface area contributed by atoms with E-state index >= 15 is 0 Å². The van der Waals surface area contributed by atoms with Gasteiger partial charge in [-0.2, -0.15) is 0 Å². The molecule has 6 heteroatoms. The van der Waals surface area contributed by atoms with Crippen molar-refractivity contribution in [1.29, 1.82) is 0 Å². The van der Waals surface area contributed by atoms with Crippen molar-refractivity contribution in [1.82, 2.24) is 10.2 Å². The summed E-state index contributed by atoms with van der Waals surface area (Å²) >= 11 is 5.92. The molecule has 0 aromatic heterocycles. The van der Waals surface area contributed by atoms with Crippen LogP contribution in [0.25, 0.3) is 0 Å². The number of carbonyl (C=O) groups is 1. The Balaban J connectivity index is 1.82. The fraction of sp³-hybridized carbons (Fsp3) is 0.562. The molecular formula is C16H23ClN2O3. The third kappa shape index (κ3) is 5.07. The van der Waals surface area contributed by atoms with Crippen LogP contribution in [-0.2, 0) is 11.3 Å². The van der Waals surface area contributed by atoms with Crippen LogP contribution in [0.5, 0.6) is 5.75 Å². The van der Waals surface area contributed by atoms with Crippen molar-refractivity contribution in [3.05, 3.63) is 28.8 Å². The number of phenolic OH excluding ortho intramolecular Hbond substituents is 1. The van der Waals surface area contributed by atoms with Crippen LogP contribution < -0.4 is 5.32 Å². The lowest BCUT2D eigenvalue weighted by Crippen LogP contribution is -2.40. The van der Waals surface area contributed by atoms with Crippen molar-refractivity contribution in [3.63, 3.8) is 0 Å². The third-order valence-corrected chi connectivity index (χ3v) is 3.71. The number of ether oxygens (including phenoxy) is 1. The Morgan fingerprint density at radius 2 is 2.23 bits per heavy atom. The number of rotatable bonds is 3.